The Hall–Kier alpha value is -2.76. The van der Waals surface area contributed by atoms with Gasteiger partial charge in [0.25, 0.3) is 5.91 Å². The summed E-state index contributed by atoms with van der Waals surface area (Å²) in [7, 11) is 0. The van der Waals surface area contributed by atoms with Crippen molar-refractivity contribution < 1.29 is 18.4 Å². The Balaban J connectivity index is 1.77. The fourth-order valence-corrected chi connectivity index (χ4v) is 2.85. The van der Waals surface area contributed by atoms with Gasteiger partial charge in [0.1, 0.15) is 17.7 Å². The number of carbonyl (C=O) groups is 2. The van der Waals surface area contributed by atoms with Crippen molar-refractivity contribution in [2.75, 3.05) is 11.9 Å². The van der Waals surface area contributed by atoms with Gasteiger partial charge in [-0.1, -0.05) is 18.2 Å². The number of likely N-dealkylation sites (tertiary alicyclic amines) is 1. The topological polar surface area (TPSA) is 49.4 Å². The summed E-state index contributed by atoms with van der Waals surface area (Å²) in [5.41, 5.74) is 0.408. The molecule has 1 aliphatic rings. The first-order valence-corrected chi connectivity index (χ1v) is 7.68. The Bertz CT molecular complexity index is 765. The molecule has 1 unspecified atom stereocenters. The summed E-state index contributed by atoms with van der Waals surface area (Å²) in [5.74, 6) is -2.58. The number of amides is 2. The average Bonchev–Trinajstić information content (AvgIpc) is 3.05. The number of hydrogen-bond donors (Lipinski definition) is 1. The summed E-state index contributed by atoms with van der Waals surface area (Å²) in [6, 6.07) is 11.1. The zero-order valence-electron chi connectivity index (χ0n) is 12.8. The number of hydrogen-bond acceptors (Lipinski definition) is 2. The first-order valence-electron chi connectivity index (χ1n) is 7.68. The molecule has 6 heteroatoms. The lowest BCUT2D eigenvalue weighted by Gasteiger charge is -2.24. The van der Waals surface area contributed by atoms with Crippen LogP contribution in [0.2, 0.25) is 0 Å². The molecule has 24 heavy (non-hydrogen) atoms. The lowest BCUT2D eigenvalue weighted by molar-refractivity contribution is -0.119. The van der Waals surface area contributed by atoms with E-state index >= 15 is 0 Å². The van der Waals surface area contributed by atoms with Crippen LogP contribution in [0, 0.1) is 11.6 Å². The van der Waals surface area contributed by atoms with Crippen LogP contribution < -0.4 is 5.32 Å². The molecular formula is C18H16F2N2O2. The molecule has 0 aliphatic carbocycles. The van der Waals surface area contributed by atoms with Crippen molar-refractivity contribution in [3.8, 4) is 0 Å². The fourth-order valence-electron chi connectivity index (χ4n) is 2.85. The Morgan fingerprint density at radius 3 is 2.54 bits per heavy atom. The maximum atomic E-state index is 13.8. The van der Waals surface area contributed by atoms with Crippen LogP contribution >= 0.6 is 0 Å². The third kappa shape index (κ3) is 3.27. The quantitative estimate of drug-likeness (QED) is 0.939. The van der Waals surface area contributed by atoms with Crippen LogP contribution in [-0.4, -0.2) is 29.3 Å². The summed E-state index contributed by atoms with van der Waals surface area (Å²) in [6.07, 6.45) is 1.16. The van der Waals surface area contributed by atoms with E-state index in [0.29, 0.717) is 31.1 Å². The molecule has 1 atom stereocenters. The summed E-state index contributed by atoms with van der Waals surface area (Å²) < 4.78 is 26.8. The molecule has 3 rings (SSSR count). The largest absolute Gasteiger partial charge is 0.327 e. The second-order valence-corrected chi connectivity index (χ2v) is 5.64. The molecule has 1 aliphatic heterocycles. The van der Waals surface area contributed by atoms with E-state index in [-0.39, 0.29) is 11.5 Å². The number of anilines is 1. The van der Waals surface area contributed by atoms with E-state index in [1.54, 1.807) is 24.3 Å². The molecule has 1 fully saturated rings. The van der Waals surface area contributed by atoms with Gasteiger partial charge in [-0.25, -0.2) is 8.78 Å². The van der Waals surface area contributed by atoms with E-state index in [9.17, 15) is 18.4 Å². The van der Waals surface area contributed by atoms with Gasteiger partial charge in [0, 0.05) is 18.3 Å². The number of nitrogens with one attached hydrogen (secondary N) is 1. The van der Waals surface area contributed by atoms with Gasteiger partial charge < -0.3 is 10.2 Å². The maximum Gasteiger partial charge on any atom is 0.257 e. The van der Waals surface area contributed by atoms with Crippen LogP contribution in [0.3, 0.4) is 0 Å². The molecule has 0 saturated carbocycles. The number of nitrogens with zero attached hydrogens (tertiary/aromatic N) is 1. The zero-order chi connectivity index (χ0) is 17.1. The Morgan fingerprint density at radius 1 is 1.08 bits per heavy atom. The summed E-state index contributed by atoms with van der Waals surface area (Å²) >= 11 is 0. The predicted molar refractivity (Wildman–Crippen MR) is 85.5 cm³/mol. The van der Waals surface area contributed by atoms with Gasteiger partial charge in [-0.3, -0.25) is 9.59 Å². The van der Waals surface area contributed by atoms with Gasteiger partial charge >= 0.3 is 0 Å². The molecule has 124 valence electrons. The van der Waals surface area contributed by atoms with Crippen LogP contribution in [0.25, 0.3) is 0 Å². The van der Waals surface area contributed by atoms with Crippen molar-refractivity contribution in [3.63, 3.8) is 0 Å². The highest BCUT2D eigenvalue weighted by Gasteiger charge is 2.35. The third-order valence-corrected chi connectivity index (χ3v) is 4.02. The lowest BCUT2D eigenvalue weighted by atomic mass is 10.1. The lowest BCUT2D eigenvalue weighted by Crippen LogP contribution is -2.43. The maximum absolute atomic E-state index is 13.8. The van der Waals surface area contributed by atoms with Crippen LogP contribution in [0.5, 0.6) is 0 Å². The van der Waals surface area contributed by atoms with E-state index in [4.69, 9.17) is 0 Å². The van der Waals surface area contributed by atoms with Crippen LogP contribution in [-0.2, 0) is 4.79 Å². The molecule has 1 N–H and O–H groups in total. The van der Waals surface area contributed by atoms with Crippen molar-refractivity contribution in [2.24, 2.45) is 0 Å². The minimum absolute atomic E-state index is 0.226. The van der Waals surface area contributed by atoms with E-state index in [2.05, 4.69) is 5.32 Å². The molecule has 1 heterocycles. The smallest absolute Gasteiger partial charge is 0.257 e. The van der Waals surface area contributed by atoms with Crippen molar-refractivity contribution >= 4 is 17.5 Å². The SMILES string of the molecule is O=C(Nc1ccccc1)C1CCCN1C(=O)c1ccc(F)cc1F. The van der Waals surface area contributed by atoms with Crippen molar-refractivity contribution in [1.29, 1.82) is 0 Å². The normalized spacial score (nSPS) is 16.9. The Morgan fingerprint density at radius 2 is 1.83 bits per heavy atom. The van der Waals surface area contributed by atoms with Gasteiger partial charge in [-0.15, -0.1) is 0 Å². The first kappa shape index (κ1) is 16.1. The van der Waals surface area contributed by atoms with E-state index < -0.39 is 23.6 Å². The number of rotatable bonds is 3. The Labute approximate surface area is 138 Å². The summed E-state index contributed by atoms with van der Waals surface area (Å²) in [4.78, 5) is 26.3. The molecular weight excluding hydrogens is 314 g/mol. The van der Waals surface area contributed by atoms with Gasteiger partial charge in [-0.05, 0) is 37.1 Å². The molecule has 0 aromatic heterocycles. The minimum atomic E-state index is -0.922. The van der Waals surface area contributed by atoms with E-state index in [1.165, 1.54) is 4.90 Å². The monoisotopic (exact) mass is 330 g/mol. The molecule has 1 saturated heterocycles. The molecule has 2 aromatic rings. The molecule has 2 aromatic carbocycles. The fraction of sp³-hybridized carbons (Fsp3) is 0.222. The predicted octanol–water partition coefficient (Wildman–Crippen LogP) is 3.21. The van der Waals surface area contributed by atoms with E-state index in [1.807, 2.05) is 6.07 Å². The van der Waals surface area contributed by atoms with E-state index in [0.717, 1.165) is 12.1 Å². The second kappa shape index (κ2) is 6.78. The number of para-hydroxylation sites is 1. The average molecular weight is 330 g/mol. The first-order chi connectivity index (χ1) is 11.6. The molecule has 0 bridgehead atoms. The standard InChI is InChI=1S/C18H16F2N2O2/c19-12-8-9-14(15(20)11-12)18(24)22-10-4-7-16(22)17(23)21-13-5-2-1-3-6-13/h1-3,5-6,8-9,11,16H,4,7,10H2,(H,21,23). The van der Waals surface area contributed by atoms with Gasteiger partial charge in [0.15, 0.2) is 0 Å². The van der Waals surface area contributed by atoms with Crippen LogP contribution in [0.4, 0.5) is 14.5 Å². The van der Waals surface area contributed by atoms with Crippen molar-refractivity contribution in [3.05, 3.63) is 65.7 Å². The van der Waals surface area contributed by atoms with Crippen LogP contribution in [0.1, 0.15) is 23.2 Å². The third-order valence-electron chi connectivity index (χ3n) is 4.02. The molecule has 4 nitrogen and oxygen atoms in total. The highest BCUT2D eigenvalue weighted by Crippen LogP contribution is 2.23. The second-order valence-electron chi connectivity index (χ2n) is 5.64. The number of halogens is 2. The minimum Gasteiger partial charge on any atom is -0.327 e. The molecule has 2 amide bonds. The van der Waals surface area contributed by atoms with Gasteiger partial charge in [-0.2, -0.15) is 0 Å². The summed E-state index contributed by atoms with van der Waals surface area (Å²) in [6.45, 7) is 0.364. The van der Waals surface area contributed by atoms with Crippen LogP contribution in [0.15, 0.2) is 48.5 Å². The van der Waals surface area contributed by atoms with Gasteiger partial charge in [0.05, 0.1) is 5.56 Å². The van der Waals surface area contributed by atoms with Crippen molar-refractivity contribution in [1.82, 2.24) is 4.90 Å². The molecule has 0 radical (unpaired) electrons. The summed E-state index contributed by atoms with van der Waals surface area (Å²) in [5, 5.41) is 2.76. The highest BCUT2D eigenvalue weighted by atomic mass is 19.1. The highest BCUT2D eigenvalue weighted by molar-refractivity contribution is 6.01. The molecule has 0 spiro atoms. The Kier molecular flexibility index (Phi) is 4.55. The van der Waals surface area contributed by atoms with Crippen molar-refractivity contribution in [2.45, 2.75) is 18.9 Å². The number of benzene rings is 2. The number of carbonyl (C=O) groups excluding carboxylic acids is 2. The zero-order valence-corrected chi connectivity index (χ0v) is 12.8. The van der Waals surface area contributed by atoms with Gasteiger partial charge in [0.2, 0.25) is 5.91 Å².